The quantitative estimate of drug-likeness (QED) is 0.326. The Morgan fingerprint density at radius 1 is 1.23 bits per heavy atom. The minimum atomic E-state index is -1.03. The van der Waals surface area contributed by atoms with Crippen molar-refractivity contribution in [3.8, 4) is 0 Å². The lowest BCUT2D eigenvalue weighted by molar-refractivity contribution is -0.387. The van der Waals surface area contributed by atoms with Gasteiger partial charge in [-0.05, 0) is 23.6 Å². The molecule has 0 fully saturated rings. The molecule has 1 aromatic carbocycles. The van der Waals surface area contributed by atoms with Crippen molar-refractivity contribution in [2.24, 2.45) is 0 Å². The third kappa shape index (κ3) is 5.45. The van der Waals surface area contributed by atoms with Gasteiger partial charge in [0.15, 0.2) is 12.4 Å². The van der Waals surface area contributed by atoms with Gasteiger partial charge in [-0.2, -0.15) is 4.39 Å². The number of hydrogen-bond acceptors (Lipinski definition) is 7. The SMILES string of the molecule is O=C(COC(=O)CCC(=O)c1cccs1)Nc1ccc(F)c([N+](=O)[O-])c1. The molecule has 1 heterocycles. The van der Waals surface area contributed by atoms with Crippen molar-refractivity contribution in [1.82, 2.24) is 0 Å². The molecule has 0 bridgehead atoms. The van der Waals surface area contributed by atoms with Crippen LogP contribution in [0.4, 0.5) is 15.8 Å². The number of ketones is 1. The van der Waals surface area contributed by atoms with Crippen molar-refractivity contribution in [2.45, 2.75) is 12.8 Å². The van der Waals surface area contributed by atoms with E-state index >= 15 is 0 Å². The van der Waals surface area contributed by atoms with E-state index < -0.39 is 34.9 Å². The number of nitrogens with zero attached hydrogens (tertiary/aromatic N) is 1. The van der Waals surface area contributed by atoms with Crippen molar-refractivity contribution in [1.29, 1.82) is 0 Å². The van der Waals surface area contributed by atoms with Gasteiger partial charge in [0.25, 0.3) is 5.91 Å². The van der Waals surface area contributed by atoms with Gasteiger partial charge in [0.2, 0.25) is 5.82 Å². The normalized spacial score (nSPS) is 10.2. The van der Waals surface area contributed by atoms with Crippen LogP contribution in [0.25, 0.3) is 0 Å². The summed E-state index contributed by atoms with van der Waals surface area (Å²) in [4.78, 5) is 45.3. The fourth-order valence-corrected chi connectivity index (χ4v) is 2.62. The van der Waals surface area contributed by atoms with E-state index in [4.69, 9.17) is 4.74 Å². The lowest BCUT2D eigenvalue weighted by Gasteiger charge is -2.06. The number of anilines is 1. The highest BCUT2D eigenvalue weighted by Gasteiger charge is 2.16. The number of carbonyl (C=O) groups excluding carboxylic acids is 3. The van der Waals surface area contributed by atoms with Crippen LogP contribution in [0.15, 0.2) is 35.7 Å². The third-order valence-corrected chi connectivity index (χ3v) is 4.05. The average Bonchev–Trinajstić information content (AvgIpc) is 3.14. The predicted molar refractivity (Wildman–Crippen MR) is 90.5 cm³/mol. The Bertz CT molecular complexity index is 837. The number of nitrogens with one attached hydrogen (secondary N) is 1. The first-order chi connectivity index (χ1) is 12.4. The summed E-state index contributed by atoms with van der Waals surface area (Å²) in [7, 11) is 0. The summed E-state index contributed by atoms with van der Waals surface area (Å²) in [6.45, 7) is -0.628. The number of carbonyl (C=O) groups is 3. The first kappa shape index (κ1) is 19.2. The molecule has 0 spiro atoms. The second-order valence-corrected chi connectivity index (χ2v) is 5.98. The minimum Gasteiger partial charge on any atom is -0.456 e. The molecule has 0 unspecified atom stereocenters. The molecule has 1 amide bonds. The first-order valence-electron chi connectivity index (χ1n) is 7.33. The summed E-state index contributed by atoms with van der Waals surface area (Å²) < 4.78 is 18.0. The van der Waals surface area contributed by atoms with Gasteiger partial charge in [-0.15, -0.1) is 11.3 Å². The smallest absolute Gasteiger partial charge is 0.306 e. The molecule has 136 valence electrons. The van der Waals surface area contributed by atoms with Crippen LogP contribution < -0.4 is 5.32 Å². The lowest BCUT2D eigenvalue weighted by atomic mass is 10.2. The Morgan fingerprint density at radius 2 is 2.00 bits per heavy atom. The van der Waals surface area contributed by atoms with Crippen molar-refractivity contribution in [3.63, 3.8) is 0 Å². The number of hydrogen-bond donors (Lipinski definition) is 1. The Hall–Kier alpha value is -3.14. The average molecular weight is 380 g/mol. The number of amides is 1. The Labute approximate surface area is 150 Å². The molecule has 26 heavy (non-hydrogen) atoms. The molecule has 0 aliphatic heterocycles. The van der Waals surface area contributed by atoms with E-state index in [1.165, 1.54) is 11.3 Å². The molecule has 2 rings (SSSR count). The van der Waals surface area contributed by atoms with E-state index in [9.17, 15) is 28.9 Å². The molecule has 0 aliphatic carbocycles. The first-order valence-corrected chi connectivity index (χ1v) is 8.21. The van der Waals surface area contributed by atoms with Crippen LogP contribution in [0.3, 0.4) is 0 Å². The van der Waals surface area contributed by atoms with Crippen molar-refractivity contribution < 1.29 is 28.4 Å². The molecule has 0 saturated carbocycles. The Balaban J connectivity index is 1.78. The van der Waals surface area contributed by atoms with Gasteiger partial charge in [0, 0.05) is 18.2 Å². The predicted octanol–water partition coefficient (Wildman–Crippen LogP) is 2.94. The fourth-order valence-electron chi connectivity index (χ4n) is 1.92. The molecule has 0 saturated heterocycles. The monoisotopic (exact) mass is 380 g/mol. The standard InChI is InChI=1S/C16H13FN2O6S/c17-11-4-3-10(8-12(11)19(23)24)18-15(21)9-25-16(22)6-5-13(20)14-2-1-7-26-14/h1-4,7-8H,5-6,9H2,(H,18,21). The molecule has 10 heteroatoms. The number of Topliss-reactive ketones (excluding diaryl/α,β-unsaturated/α-hetero) is 1. The number of nitro groups is 1. The fraction of sp³-hybridized carbons (Fsp3) is 0.188. The maximum Gasteiger partial charge on any atom is 0.306 e. The van der Waals surface area contributed by atoms with Gasteiger partial charge >= 0.3 is 11.7 Å². The summed E-state index contributed by atoms with van der Waals surface area (Å²) in [5.41, 5.74) is -0.793. The van der Waals surface area contributed by atoms with Crippen LogP contribution in [-0.2, 0) is 14.3 Å². The van der Waals surface area contributed by atoms with Crippen molar-refractivity contribution in [2.75, 3.05) is 11.9 Å². The van der Waals surface area contributed by atoms with Gasteiger partial charge in [-0.25, -0.2) is 0 Å². The number of ether oxygens (including phenoxy) is 1. The topological polar surface area (TPSA) is 116 Å². The van der Waals surface area contributed by atoms with Gasteiger partial charge in [0.05, 0.1) is 16.2 Å². The molecular weight excluding hydrogens is 367 g/mol. The summed E-state index contributed by atoms with van der Waals surface area (Å²) in [5.74, 6) is -2.70. The summed E-state index contributed by atoms with van der Waals surface area (Å²) in [6, 6.07) is 6.21. The van der Waals surface area contributed by atoms with Crippen LogP contribution in [0.2, 0.25) is 0 Å². The molecule has 0 atom stereocenters. The number of esters is 1. The molecular formula is C16H13FN2O6S. The molecule has 8 nitrogen and oxygen atoms in total. The molecule has 0 aliphatic rings. The van der Waals surface area contributed by atoms with Crippen LogP contribution in [0.5, 0.6) is 0 Å². The zero-order valence-electron chi connectivity index (χ0n) is 13.3. The highest BCUT2D eigenvalue weighted by Crippen LogP contribution is 2.21. The van der Waals surface area contributed by atoms with E-state index in [0.717, 1.165) is 18.2 Å². The Morgan fingerprint density at radius 3 is 2.65 bits per heavy atom. The van der Waals surface area contributed by atoms with Crippen LogP contribution in [0, 0.1) is 15.9 Å². The zero-order valence-corrected chi connectivity index (χ0v) is 14.1. The van der Waals surface area contributed by atoms with Crippen molar-refractivity contribution in [3.05, 3.63) is 56.5 Å². The highest BCUT2D eigenvalue weighted by molar-refractivity contribution is 7.12. The van der Waals surface area contributed by atoms with Crippen LogP contribution in [-0.4, -0.2) is 29.2 Å². The zero-order chi connectivity index (χ0) is 19.1. The summed E-state index contributed by atoms with van der Waals surface area (Å²) in [6.07, 6.45) is -0.211. The Kier molecular flexibility index (Phi) is 6.50. The van der Waals surface area contributed by atoms with E-state index in [-0.39, 0.29) is 24.3 Å². The molecule has 1 aromatic heterocycles. The number of benzene rings is 1. The second kappa shape index (κ2) is 8.81. The van der Waals surface area contributed by atoms with E-state index in [2.05, 4.69) is 5.32 Å². The number of nitro benzene ring substituents is 1. The van der Waals surface area contributed by atoms with Crippen molar-refractivity contribution >= 4 is 40.4 Å². The molecule has 1 N–H and O–H groups in total. The van der Waals surface area contributed by atoms with E-state index in [1.54, 1.807) is 17.5 Å². The highest BCUT2D eigenvalue weighted by atomic mass is 32.1. The van der Waals surface area contributed by atoms with Gasteiger partial charge in [-0.1, -0.05) is 6.07 Å². The largest absolute Gasteiger partial charge is 0.456 e. The minimum absolute atomic E-state index is 0.00739. The summed E-state index contributed by atoms with van der Waals surface area (Å²) >= 11 is 1.27. The third-order valence-electron chi connectivity index (χ3n) is 3.14. The van der Waals surface area contributed by atoms with Crippen LogP contribution >= 0.6 is 11.3 Å². The summed E-state index contributed by atoms with van der Waals surface area (Å²) in [5, 5.41) is 14.6. The maximum absolute atomic E-state index is 13.2. The number of rotatable bonds is 8. The molecule has 0 radical (unpaired) electrons. The van der Waals surface area contributed by atoms with E-state index in [1.807, 2.05) is 0 Å². The number of thiophene rings is 1. The van der Waals surface area contributed by atoms with Gasteiger partial charge in [0.1, 0.15) is 0 Å². The van der Waals surface area contributed by atoms with Gasteiger partial charge < -0.3 is 10.1 Å². The van der Waals surface area contributed by atoms with E-state index in [0.29, 0.717) is 4.88 Å². The second-order valence-electron chi connectivity index (χ2n) is 5.03. The number of halogens is 1. The lowest BCUT2D eigenvalue weighted by Crippen LogP contribution is -2.21. The van der Waals surface area contributed by atoms with Crippen LogP contribution in [0.1, 0.15) is 22.5 Å². The molecule has 2 aromatic rings. The maximum atomic E-state index is 13.2. The van der Waals surface area contributed by atoms with Gasteiger partial charge in [-0.3, -0.25) is 24.5 Å².